The summed E-state index contributed by atoms with van der Waals surface area (Å²) in [7, 11) is 0. The third-order valence-corrected chi connectivity index (χ3v) is 7.90. The average molecular weight is 496 g/mol. The first-order valence-electron chi connectivity index (χ1n) is 12.0. The van der Waals surface area contributed by atoms with E-state index in [9.17, 15) is 29.7 Å². The van der Waals surface area contributed by atoms with Crippen molar-refractivity contribution < 1.29 is 39.2 Å². The highest BCUT2D eigenvalue weighted by atomic mass is 16.7. The van der Waals surface area contributed by atoms with E-state index in [1.165, 1.54) is 19.1 Å². The molecule has 0 bridgehead atoms. The van der Waals surface area contributed by atoms with Gasteiger partial charge in [0.2, 0.25) is 0 Å². The molecule has 0 amide bonds. The lowest BCUT2D eigenvalue weighted by atomic mass is 9.67. The van der Waals surface area contributed by atoms with E-state index >= 15 is 0 Å². The predicted octanol–water partition coefficient (Wildman–Crippen LogP) is 2.30. The van der Waals surface area contributed by atoms with E-state index < -0.39 is 59.1 Å². The van der Waals surface area contributed by atoms with Crippen LogP contribution in [0.3, 0.4) is 0 Å². The van der Waals surface area contributed by atoms with Gasteiger partial charge in [-0.1, -0.05) is 31.2 Å². The van der Waals surface area contributed by atoms with Gasteiger partial charge in [0, 0.05) is 40.1 Å². The first-order chi connectivity index (χ1) is 16.9. The maximum Gasteiger partial charge on any atom is 0.198 e. The molecule has 5 rings (SSSR count). The summed E-state index contributed by atoms with van der Waals surface area (Å²) in [6.07, 6.45) is -2.93. The number of carbonyl (C=O) groups is 3. The summed E-state index contributed by atoms with van der Waals surface area (Å²) in [6.45, 7) is 4.83. The number of carbonyl (C=O) groups excluding carboxylic acids is 3. The molecule has 1 aliphatic heterocycles. The Kier molecular flexibility index (Phi) is 5.79. The van der Waals surface area contributed by atoms with Gasteiger partial charge in [-0.2, -0.15) is 0 Å². The van der Waals surface area contributed by atoms with Gasteiger partial charge in [-0.15, -0.1) is 0 Å². The minimum absolute atomic E-state index is 0.0491. The van der Waals surface area contributed by atoms with Gasteiger partial charge in [-0.3, -0.25) is 14.4 Å². The highest BCUT2D eigenvalue weighted by Gasteiger charge is 2.47. The van der Waals surface area contributed by atoms with Crippen molar-refractivity contribution in [3.8, 4) is 11.5 Å². The zero-order chi connectivity index (χ0) is 26.1. The zero-order valence-corrected chi connectivity index (χ0v) is 20.3. The Bertz CT molecular complexity index is 1290. The maximum atomic E-state index is 13.4. The number of phenols is 2. The summed E-state index contributed by atoms with van der Waals surface area (Å²) in [4.78, 5) is 39.4. The number of hydrogen-bond acceptors (Lipinski definition) is 9. The summed E-state index contributed by atoms with van der Waals surface area (Å²) in [5, 5.41) is 32.9. The van der Waals surface area contributed by atoms with Gasteiger partial charge in [0.05, 0.1) is 29.4 Å². The largest absolute Gasteiger partial charge is 0.507 e. The molecule has 190 valence electrons. The zero-order valence-electron chi connectivity index (χ0n) is 20.3. The molecule has 2 aromatic rings. The van der Waals surface area contributed by atoms with Crippen molar-refractivity contribution in [2.45, 2.75) is 70.7 Å². The standard InChI is InChI=1S/C27H29NO8/c1-11-22(30)16(28)8-18(35-11)36-17-10-27(3,12(2)29)9-15-19(17)26(34)21-20(25(15)33)23(31)13-6-4-5-7-14(13)24(21)32/h4-7,11,16-18,22,30,33-34H,8-10,28H2,1-3H3. The Hall–Kier alpha value is -3.11. The molecule has 3 aliphatic rings. The van der Waals surface area contributed by atoms with Crippen LogP contribution in [-0.4, -0.2) is 57.2 Å². The van der Waals surface area contributed by atoms with Crippen LogP contribution in [0.1, 0.15) is 82.7 Å². The van der Waals surface area contributed by atoms with Crippen molar-refractivity contribution in [2.24, 2.45) is 11.1 Å². The van der Waals surface area contributed by atoms with E-state index in [0.29, 0.717) is 0 Å². The fourth-order valence-electron chi connectivity index (χ4n) is 5.62. The summed E-state index contributed by atoms with van der Waals surface area (Å²) in [5.74, 6) is -2.20. The van der Waals surface area contributed by atoms with E-state index in [4.69, 9.17) is 15.2 Å². The first-order valence-corrected chi connectivity index (χ1v) is 12.0. The quantitative estimate of drug-likeness (QED) is 0.400. The molecule has 0 saturated carbocycles. The lowest BCUT2D eigenvalue weighted by Gasteiger charge is -2.42. The summed E-state index contributed by atoms with van der Waals surface area (Å²) in [6, 6.07) is 5.63. The molecular weight excluding hydrogens is 466 g/mol. The molecule has 9 heteroatoms. The number of ether oxygens (including phenoxy) is 2. The van der Waals surface area contributed by atoms with Gasteiger partial charge in [0.25, 0.3) is 0 Å². The first kappa shape index (κ1) is 24.6. The Morgan fingerprint density at radius 1 is 1.11 bits per heavy atom. The van der Waals surface area contributed by atoms with Crippen molar-refractivity contribution in [1.82, 2.24) is 0 Å². The second kappa shape index (κ2) is 8.48. The molecule has 2 aromatic carbocycles. The third-order valence-electron chi connectivity index (χ3n) is 7.90. The van der Waals surface area contributed by atoms with Gasteiger partial charge >= 0.3 is 0 Å². The molecule has 9 nitrogen and oxygen atoms in total. The molecule has 0 aromatic heterocycles. The Morgan fingerprint density at radius 2 is 1.69 bits per heavy atom. The van der Waals surface area contributed by atoms with Gasteiger partial charge in [0.1, 0.15) is 17.3 Å². The van der Waals surface area contributed by atoms with Crippen LogP contribution in [0, 0.1) is 5.41 Å². The topological polar surface area (TPSA) is 156 Å². The number of fused-ring (bicyclic) bond motifs is 3. The second-order valence-corrected chi connectivity index (χ2v) is 10.3. The number of benzene rings is 2. The van der Waals surface area contributed by atoms with Crippen LogP contribution in [0.25, 0.3) is 0 Å². The minimum atomic E-state index is -0.975. The van der Waals surface area contributed by atoms with Crippen molar-refractivity contribution in [2.75, 3.05) is 0 Å². The fraction of sp³-hybridized carbons (Fsp3) is 0.444. The Morgan fingerprint density at radius 3 is 2.25 bits per heavy atom. The van der Waals surface area contributed by atoms with Crippen molar-refractivity contribution in [1.29, 1.82) is 0 Å². The SMILES string of the molecule is CC(=O)C1(C)Cc2c(O)c3c(c(O)c2C(OC2CC(N)C(O)C(C)O2)C1)C(=O)c1ccccc1C3=O. The van der Waals surface area contributed by atoms with Crippen LogP contribution < -0.4 is 5.73 Å². The molecule has 36 heavy (non-hydrogen) atoms. The monoisotopic (exact) mass is 495 g/mol. The van der Waals surface area contributed by atoms with Crippen LogP contribution >= 0.6 is 0 Å². The lowest BCUT2D eigenvalue weighted by molar-refractivity contribution is -0.245. The second-order valence-electron chi connectivity index (χ2n) is 10.3. The van der Waals surface area contributed by atoms with E-state index in [2.05, 4.69) is 0 Å². The number of phenolic OH excluding ortho intramolecular Hbond substituents is 2. The molecule has 6 atom stereocenters. The number of hydrogen-bond donors (Lipinski definition) is 4. The van der Waals surface area contributed by atoms with Crippen LogP contribution in [0.5, 0.6) is 11.5 Å². The van der Waals surface area contributed by atoms with E-state index in [1.807, 2.05) is 0 Å². The van der Waals surface area contributed by atoms with Gasteiger partial charge in [-0.25, -0.2) is 0 Å². The van der Waals surface area contributed by atoms with Crippen LogP contribution in [0.15, 0.2) is 24.3 Å². The summed E-state index contributed by atoms with van der Waals surface area (Å²) in [5.41, 5.74) is 5.14. The number of Topliss-reactive ketones (excluding diaryl/α,β-unsaturated/α-hetero) is 1. The van der Waals surface area contributed by atoms with Crippen LogP contribution in [0.2, 0.25) is 0 Å². The van der Waals surface area contributed by atoms with Crippen LogP contribution in [0.4, 0.5) is 0 Å². The van der Waals surface area contributed by atoms with E-state index in [-0.39, 0.29) is 58.4 Å². The molecule has 6 unspecified atom stereocenters. The molecular formula is C27H29NO8. The van der Waals surface area contributed by atoms with Crippen molar-refractivity contribution in [3.63, 3.8) is 0 Å². The predicted molar refractivity (Wildman–Crippen MR) is 127 cm³/mol. The smallest absolute Gasteiger partial charge is 0.198 e. The summed E-state index contributed by atoms with van der Waals surface area (Å²) < 4.78 is 12.0. The van der Waals surface area contributed by atoms with Gasteiger partial charge in [-0.05, 0) is 26.7 Å². The van der Waals surface area contributed by atoms with E-state index in [1.54, 1.807) is 26.0 Å². The van der Waals surface area contributed by atoms with Crippen molar-refractivity contribution in [3.05, 3.63) is 57.6 Å². The molecule has 2 aliphatic carbocycles. The Balaban J connectivity index is 1.66. The average Bonchev–Trinajstić information content (AvgIpc) is 2.82. The molecule has 1 heterocycles. The number of aliphatic hydroxyl groups excluding tert-OH is 1. The number of nitrogens with two attached hydrogens (primary N) is 1. The molecule has 0 radical (unpaired) electrons. The number of aromatic hydroxyl groups is 2. The molecule has 5 N–H and O–H groups in total. The van der Waals surface area contributed by atoms with E-state index in [0.717, 1.165) is 0 Å². The van der Waals surface area contributed by atoms with Gasteiger partial charge in [0.15, 0.2) is 17.9 Å². The number of ketones is 3. The van der Waals surface area contributed by atoms with Crippen molar-refractivity contribution >= 4 is 17.3 Å². The fourth-order valence-corrected chi connectivity index (χ4v) is 5.62. The normalized spacial score (nSPS) is 31.4. The number of rotatable bonds is 3. The maximum absolute atomic E-state index is 13.4. The highest BCUT2D eigenvalue weighted by molar-refractivity contribution is 6.30. The van der Waals surface area contributed by atoms with Gasteiger partial charge < -0.3 is 30.5 Å². The Labute approximate surface area is 207 Å². The molecule has 0 spiro atoms. The number of aliphatic hydroxyl groups is 1. The third kappa shape index (κ3) is 3.57. The molecule has 1 saturated heterocycles. The summed E-state index contributed by atoms with van der Waals surface area (Å²) >= 11 is 0. The lowest BCUT2D eigenvalue weighted by Crippen LogP contribution is -2.52. The molecule has 1 fully saturated rings. The minimum Gasteiger partial charge on any atom is -0.507 e. The van der Waals surface area contributed by atoms with Crippen LogP contribution in [-0.2, 0) is 20.7 Å². The highest BCUT2D eigenvalue weighted by Crippen LogP contribution is 2.54.